The number of methoxy groups -OCH3 is 1. The molecule has 5 nitrogen and oxygen atoms in total. The van der Waals surface area contributed by atoms with Crippen molar-refractivity contribution < 1.29 is 13.2 Å². The first-order valence-corrected chi connectivity index (χ1v) is 8.34. The molecule has 0 radical (unpaired) electrons. The van der Waals surface area contributed by atoms with Crippen molar-refractivity contribution in [1.29, 1.82) is 0 Å². The number of sulfonamides is 1. The van der Waals surface area contributed by atoms with Crippen molar-refractivity contribution in [3.8, 4) is 5.75 Å². The van der Waals surface area contributed by atoms with Crippen molar-refractivity contribution in [2.75, 3.05) is 20.2 Å². The van der Waals surface area contributed by atoms with E-state index in [2.05, 4.69) is 0 Å². The lowest BCUT2D eigenvalue weighted by molar-refractivity contribution is 0.320. The molecule has 1 saturated heterocycles. The van der Waals surface area contributed by atoms with Gasteiger partial charge in [0.25, 0.3) is 0 Å². The Labute approximate surface area is 128 Å². The van der Waals surface area contributed by atoms with Crippen LogP contribution in [-0.4, -0.2) is 39.0 Å². The molecule has 1 aromatic carbocycles. The van der Waals surface area contributed by atoms with E-state index in [0.29, 0.717) is 31.7 Å². The summed E-state index contributed by atoms with van der Waals surface area (Å²) in [7, 11) is -2.22. The molecule has 1 aromatic rings. The number of ether oxygens (including phenoxy) is 1. The summed E-state index contributed by atoms with van der Waals surface area (Å²) in [5, 5.41) is 0.310. The van der Waals surface area contributed by atoms with Crippen molar-refractivity contribution in [3.05, 3.63) is 22.2 Å². The van der Waals surface area contributed by atoms with Gasteiger partial charge in [0.15, 0.2) is 0 Å². The van der Waals surface area contributed by atoms with E-state index in [-0.39, 0.29) is 21.0 Å². The van der Waals surface area contributed by atoms with Gasteiger partial charge < -0.3 is 10.5 Å². The SMILES string of the molecule is COc1cc(Cl)c(S(=O)(=O)N2CCC(N)CC2)cc1Cl. The maximum atomic E-state index is 12.6. The first kappa shape index (κ1) is 15.9. The Balaban J connectivity index is 2.37. The zero-order valence-electron chi connectivity index (χ0n) is 11.0. The topological polar surface area (TPSA) is 72.6 Å². The summed E-state index contributed by atoms with van der Waals surface area (Å²) >= 11 is 12.0. The third-order valence-corrected chi connectivity index (χ3v) is 5.98. The molecule has 0 amide bonds. The molecule has 0 aliphatic carbocycles. The fourth-order valence-electron chi connectivity index (χ4n) is 2.12. The molecular weight excluding hydrogens is 323 g/mol. The number of nitrogens with zero attached hydrogens (tertiary/aromatic N) is 1. The van der Waals surface area contributed by atoms with Gasteiger partial charge in [-0.1, -0.05) is 23.2 Å². The molecule has 1 aliphatic rings. The number of rotatable bonds is 3. The van der Waals surface area contributed by atoms with Crippen LogP contribution in [0.25, 0.3) is 0 Å². The molecule has 0 aromatic heterocycles. The van der Waals surface area contributed by atoms with Gasteiger partial charge in [0.1, 0.15) is 10.6 Å². The number of piperidine rings is 1. The Kier molecular flexibility index (Phi) is 4.81. The van der Waals surface area contributed by atoms with E-state index in [1.807, 2.05) is 0 Å². The van der Waals surface area contributed by atoms with E-state index in [0.717, 1.165) is 0 Å². The van der Waals surface area contributed by atoms with Crippen LogP contribution >= 0.6 is 23.2 Å². The summed E-state index contributed by atoms with van der Waals surface area (Å²) in [6, 6.07) is 2.79. The van der Waals surface area contributed by atoms with Crippen LogP contribution in [0.2, 0.25) is 10.0 Å². The molecule has 0 spiro atoms. The molecular formula is C12H16Cl2N2O3S. The standard InChI is InChI=1S/C12H16Cl2N2O3S/c1-19-11-6-10(14)12(7-9(11)13)20(17,18)16-4-2-8(15)3-5-16/h6-8H,2-5,15H2,1H3. The van der Waals surface area contributed by atoms with Crippen LogP contribution in [0.3, 0.4) is 0 Å². The molecule has 0 atom stereocenters. The molecule has 112 valence electrons. The van der Waals surface area contributed by atoms with Crippen LogP contribution < -0.4 is 10.5 Å². The maximum Gasteiger partial charge on any atom is 0.244 e. The molecule has 0 unspecified atom stereocenters. The molecule has 20 heavy (non-hydrogen) atoms. The zero-order valence-corrected chi connectivity index (χ0v) is 13.3. The monoisotopic (exact) mass is 338 g/mol. The highest BCUT2D eigenvalue weighted by Gasteiger charge is 2.30. The van der Waals surface area contributed by atoms with Crippen LogP contribution in [0.1, 0.15) is 12.8 Å². The van der Waals surface area contributed by atoms with Crippen LogP contribution in [0.15, 0.2) is 17.0 Å². The summed E-state index contributed by atoms with van der Waals surface area (Å²) in [4.78, 5) is 0.000406. The summed E-state index contributed by atoms with van der Waals surface area (Å²) in [6.07, 6.45) is 1.28. The van der Waals surface area contributed by atoms with E-state index in [9.17, 15) is 8.42 Å². The average Bonchev–Trinajstić information content (AvgIpc) is 2.41. The number of benzene rings is 1. The molecule has 0 bridgehead atoms. The zero-order chi connectivity index (χ0) is 14.9. The van der Waals surface area contributed by atoms with Crippen LogP contribution in [-0.2, 0) is 10.0 Å². The highest BCUT2D eigenvalue weighted by molar-refractivity contribution is 7.89. The third kappa shape index (κ3) is 3.04. The summed E-state index contributed by atoms with van der Waals surface area (Å²) in [5.74, 6) is 0.344. The third-order valence-electron chi connectivity index (χ3n) is 3.32. The van der Waals surface area contributed by atoms with Crippen LogP contribution in [0, 0.1) is 0 Å². The van der Waals surface area contributed by atoms with Gasteiger partial charge in [-0.2, -0.15) is 4.31 Å². The Morgan fingerprint density at radius 1 is 1.25 bits per heavy atom. The van der Waals surface area contributed by atoms with Gasteiger partial charge in [-0.3, -0.25) is 0 Å². The largest absolute Gasteiger partial charge is 0.495 e. The minimum absolute atomic E-state index is 0.000406. The average molecular weight is 339 g/mol. The Morgan fingerprint density at radius 3 is 2.40 bits per heavy atom. The van der Waals surface area contributed by atoms with E-state index >= 15 is 0 Å². The van der Waals surface area contributed by atoms with Gasteiger partial charge in [-0.05, 0) is 18.9 Å². The van der Waals surface area contributed by atoms with E-state index in [1.165, 1.54) is 23.5 Å². The van der Waals surface area contributed by atoms with Crippen molar-refractivity contribution in [3.63, 3.8) is 0 Å². The van der Waals surface area contributed by atoms with Gasteiger partial charge in [0.2, 0.25) is 10.0 Å². The van der Waals surface area contributed by atoms with E-state index in [4.69, 9.17) is 33.7 Å². The fourth-order valence-corrected chi connectivity index (χ4v) is 4.41. The minimum Gasteiger partial charge on any atom is -0.495 e. The Morgan fingerprint density at radius 2 is 1.85 bits per heavy atom. The van der Waals surface area contributed by atoms with E-state index < -0.39 is 10.0 Å². The Bertz CT molecular complexity index is 599. The van der Waals surface area contributed by atoms with Gasteiger partial charge in [-0.15, -0.1) is 0 Å². The van der Waals surface area contributed by atoms with Crippen molar-refractivity contribution in [2.24, 2.45) is 5.73 Å². The highest BCUT2D eigenvalue weighted by atomic mass is 35.5. The number of halogens is 2. The van der Waals surface area contributed by atoms with Gasteiger partial charge >= 0.3 is 0 Å². The number of hydrogen-bond acceptors (Lipinski definition) is 4. The predicted molar refractivity (Wildman–Crippen MR) is 79.0 cm³/mol. The van der Waals surface area contributed by atoms with Crippen molar-refractivity contribution >= 4 is 33.2 Å². The normalized spacial score (nSPS) is 18.2. The molecule has 2 N–H and O–H groups in total. The van der Waals surface area contributed by atoms with Crippen LogP contribution in [0.5, 0.6) is 5.75 Å². The second kappa shape index (κ2) is 6.07. The molecule has 2 rings (SSSR count). The van der Waals surface area contributed by atoms with Crippen molar-refractivity contribution in [2.45, 2.75) is 23.8 Å². The molecule has 8 heteroatoms. The first-order chi connectivity index (χ1) is 9.36. The molecule has 1 fully saturated rings. The van der Waals surface area contributed by atoms with Gasteiger partial charge in [-0.25, -0.2) is 8.42 Å². The highest BCUT2D eigenvalue weighted by Crippen LogP contribution is 2.35. The lowest BCUT2D eigenvalue weighted by Crippen LogP contribution is -2.42. The quantitative estimate of drug-likeness (QED) is 0.916. The Hall–Kier alpha value is -0.530. The molecule has 1 heterocycles. The second-order valence-electron chi connectivity index (χ2n) is 4.66. The van der Waals surface area contributed by atoms with Gasteiger partial charge in [0.05, 0.1) is 17.2 Å². The lowest BCUT2D eigenvalue weighted by Gasteiger charge is -2.29. The minimum atomic E-state index is -3.66. The van der Waals surface area contributed by atoms with Gasteiger partial charge in [0, 0.05) is 25.2 Å². The predicted octanol–water partition coefficient (Wildman–Crippen LogP) is 2.11. The number of hydrogen-bond donors (Lipinski definition) is 1. The van der Waals surface area contributed by atoms with Crippen molar-refractivity contribution in [1.82, 2.24) is 4.31 Å². The summed E-state index contributed by atoms with van der Waals surface area (Å²) in [5.41, 5.74) is 5.79. The second-order valence-corrected chi connectivity index (χ2v) is 7.38. The van der Waals surface area contributed by atoms with Crippen LogP contribution in [0.4, 0.5) is 0 Å². The molecule has 1 aliphatic heterocycles. The maximum absolute atomic E-state index is 12.6. The first-order valence-electron chi connectivity index (χ1n) is 6.15. The fraction of sp³-hybridized carbons (Fsp3) is 0.500. The van der Waals surface area contributed by atoms with E-state index in [1.54, 1.807) is 0 Å². The number of nitrogens with two attached hydrogens (primary N) is 1. The smallest absolute Gasteiger partial charge is 0.244 e. The summed E-state index contributed by atoms with van der Waals surface area (Å²) in [6.45, 7) is 0.785. The molecule has 0 saturated carbocycles. The lowest BCUT2D eigenvalue weighted by atomic mass is 10.1. The summed E-state index contributed by atoms with van der Waals surface area (Å²) < 4.78 is 31.5.